The minimum absolute atomic E-state index is 0.0792. The molecule has 0 radical (unpaired) electrons. The Hall–Kier alpha value is -0.910. The zero-order valence-electron chi connectivity index (χ0n) is 12.9. The number of likely N-dealkylation sites (tertiary alicyclic amines) is 1. The van der Waals surface area contributed by atoms with Gasteiger partial charge in [-0.25, -0.2) is 0 Å². The summed E-state index contributed by atoms with van der Waals surface area (Å²) >= 11 is 0. The van der Waals surface area contributed by atoms with Crippen LogP contribution < -0.4 is 10.6 Å². The molecule has 5 heteroatoms. The van der Waals surface area contributed by atoms with E-state index in [4.69, 9.17) is 4.74 Å². The molecule has 0 saturated carbocycles. The van der Waals surface area contributed by atoms with Crippen LogP contribution in [-0.2, 0) is 9.53 Å². The Morgan fingerprint density at radius 2 is 2.35 bits per heavy atom. The van der Waals surface area contributed by atoms with E-state index in [9.17, 15) is 4.79 Å². The average Bonchev–Trinajstić information content (AvgIpc) is 2.49. The number of amides is 1. The first-order chi connectivity index (χ1) is 9.70. The number of carbonyl (C=O) groups excluding carboxylic acids is 1. The van der Waals surface area contributed by atoms with Crippen molar-refractivity contribution in [3.63, 3.8) is 0 Å². The lowest BCUT2D eigenvalue weighted by Crippen LogP contribution is -2.54. The van der Waals surface area contributed by atoms with Crippen LogP contribution in [0.2, 0.25) is 0 Å². The first-order valence-electron chi connectivity index (χ1n) is 7.54. The van der Waals surface area contributed by atoms with Crippen molar-refractivity contribution in [1.82, 2.24) is 15.5 Å². The Kier molecular flexibility index (Phi) is 8.49. The van der Waals surface area contributed by atoms with Crippen molar-refractivity contribution in [2.45, 2.75) is 38.3 Å². The van der Waals surface area contributed by atoms with E-state index < -0.39 is 0 Å². The minimum Gasteiger partial charge on any atom is -0.383 e. The van der Waals surface area contributed by atoms with Crippen molar-refractivity contribution in [2.75, 3.05) is 39.9 Å². The minimum atomic E-state index is -0.0792. The van der Waals surface area contributed by atoms with Crippen molar-refractivity contribution in [3.05, 3.63) is 12.7 Å². The van der Waals surface area contributed by atoms with Crippen molar-refractivity contribution in [2.24, 2.45) is 0 Å². The molecule has 1 saturated heterocycles. The Balaban J connectivity index is 2.45. The molecule has 1 aliphatic heterocycles. The summed E-state index contributed by atoms with van der Waals surface area (Å²) in [7, 11) is 1.71. The van der Waals surface area contributed by atoms with Crippen LogP contribution in [0.1, 0.15) is 26.2 Å². The third-order valence-electron chi connectivity index (χ3n) is 3.83. The lowest BCUT2D eigenvalue weighted by Gasteiger charge is -2.39. The van der Waals surface area contributed by atoms with Gasteiger partial charge in [-0.3, -0.25) is 9.69 Å². The van der Waals surface area contributed by atoms with Gasteiger partial charge in [-0.2, -0.15) is 0 Å². The average molecular weight is 283 g/mol. The largest absolute Gasteiger partial charge is 0.383 e. The van der Waals surface area contributed by atoms with Gasteiger partial charge in [-0.1, -0.05) is 12.5 Å². The van der Waals surface area contributed by atoms with Gasteiger partial charge >= 0.3 is 0 Å². The van der Waals surface area contributed by atoms with Crippen molar-refractivity contribution < 1.29 is 9.53 Å². The second-order valence-corrected chi connectivity index (χ2v) is 5.29. The maximum atomic E-state index is 12.1. The molecular weight excluding hydrogens is 254 g/mol. The van der Waals surface area contributed by atoms with E-state index in [1.54, 1.807) is 13.2 Å². The second-order valence-electron chi connectivity index (χ2n) is 5.29. The summed E-state index contributed by atoms with van der Waals surface area (Å²) in [6.07, 6.45) is 5.28. The highest BCUT2D eigenvalue weighted by Gasteiger charge is 2.29. The predicted molar refractivity (Wildman–Crippen MR) is 81.8 cm³/mol. The first-order valence-corrected chi connectivity index (χ1v) is 7.54. The number of ether oxygens (including phenoxy) is 1. The molecule has 2 atom stereocenters. The SMILES string of the molecule is C=CCNC(=O)C(C)N1CCCCC1CNCCOC. The number of rotatable bonds is 9. The molecule has 1 fully saturated rings. The zero-order chi connectivity index (χ0) is 14.8. The monoisotopic (exact) mass is 283 g/mol. The first kappa shape index (κ1) is 17.1. The molecule has 0 spiro atoms. The van der Waals surface area contributed by atoms with Crippen LogP contribution in [0.15, 0.2) is 12.7 Å². The molecular formula is C15H29N3O2. The van der Waals surface area contributed by atoms with Crippen LogP contribution in [0, 0.1) is 0 Å². The van der Waals surface area contributed by atoms with E-state index in [1.807, 2.05) is 6.92 Å². The Bertz CT molecular complexity index is 297. The van der Waals surface area contributed by atoms with E-state index in [-0.39, 0.29) is 11.9 Å². The highest BCUT2D eigenvalue weighted by atomic mass is 16.5. The standard InChI is InChI=1S/C15H29N3O2/c1-4-8-17-15(19)13(2)18-10-6-5-7-14(18)12-16-9-11-20-3/h4,13-14,16H,1,5-12H2,2-3H3,(H,17,19). The summed E-state index contributed by atoms with van der Waals surface area (Å²) < 4.78 is 5.04. The van der Waals surface area contributed by atoms with Crippen molar-refractivity contribution >= 4 is 5.91 Å². The van der Waals surface area contributed by atoms with Gasteiger partial charge in [0.2, 0.25) is 5.91 Å². The molecule has 116 valence electrons. The van der Waals surface area contributed by atoms with Crippen LogP contribution >= 0.6 is 0 Å². The van der Waals surface area contributed by atoms with Crippen molar-refractivity contribution in [3.8, 4) is 0 Å². The molecule has 1 amide bonds. The summed E-state index contributed by atoms with van der Waals surface area (Å²) in [5.74, 6) is 0.0914. The molecule has 20 heavy (non-hydrogen) atoms. The van der Waals surface area contributed by atoms with Gasteiger partial charge in [0.05, 0.1) is 12.6 Å². The van der Waals surface area contributed by atoms with Gasteiger partial charge in [-0.05, 0) is 26.3 Å². The third kappa shape index (κ3) is 5.61. The molecule has 1 aliphatic rings. The van der Waals surface area contributed by atoms with Crippen molar-refractivity contribution in [1.29, 1.82) is 0 Å². The lowest BCUT2D eigenvalue weighted by molar-refractivity contribution is -0.127. The van der Waals surface area contributed by atoms with E-state index in [0.717, 1.165) is 32.7 Å². The lowest BCUT2D eigenvalue weighted by atomic mass is 9.99. The van der Waals surface area contributed by atoms with Gasteiger partial charge in [0, 0.05) is 32.8 Å². The molecule has 1 rings (SSSR count). The van der Waals surface area contributed by atoms with Gasteiger partial charge < -0.3 is 15.4 Å². The Morgan fingerprint density at radius 3 is 3.05 bits per heavy atom. The van der Waals surface area contributed by atoms with E-state index >= 15 is 0 Å². The smallest absolute Gasteiger partial charge is 0.237 e. The molecule has 0 aromatic heterocycles. The quantitative estimate of drug-likeness (QED) is 0.485. The summed E-state index contributed by atoms with van der Waals surface area (Å²) in [4.78, 5) is 14.4. The van der Waals surface area contributed by atoms with Gasteiger partial charge in [-0.15, -0.1) is 6.58 Å². The zero-order valence-corrected chi connectivity index (χ0v) is 12.9. The molecule has 0 aromatic rings. The maximum Gasteiger partial charge on any atom is 0.237 e. The molecule has 1 heterocycles. The summed E-state index contributed by atoms with van der Waals surface area (Å²) in [6.45, 7) is 9.66. The van der Waals surface area contributed by atoms with Crippen LogP contribution in [0.25, 0.3) is 0 Å². The highest BCUT2D eigenvalue weighted by molar-refractivity contribution is 5.81. The van der Waals surface area contributed by atoms with E-state index in [1.165, 1.54) is 12.8 Å². The number of nitrogens with zero attached hydrogens (tertiary/aromatic N) is 1. The fourth-order valence-corrected chi connectivity index (χ4v) is 2.67. The number of carbonyl (C=O) groups is 1. The highest BCUT2D eigenvalue weighted by Crippen LogP contribution is 2.19. The maximum absolute atomic E-state index is 12.1. The van der Waals surface area contributed by atoms with E-state index in [2.05, 4.69) is 22.1 Å². The fourth-order valence-electron chi connectivity index (χ4n) is 2.67. The molecule has 2 N–H and O–H groups in total. The molecule has 5 nitrogen and oxygen atoms in total. The van der Waals surface area contributed by atoms with Gasteiger partial charge in [0.15, 0.2) is 0 Å². The molecule has 2 unspecified atom stereocenters. The molecule has 0 aliphatic carbocycles. The Labute approximate surface area is 122 Å². The Morgan fingerprint density at radius 1 is 1.55 bits per heavy atom. The number of nitrogens with one attached hydrogen (secondary N) is 2. The number of piperidine rings is 1. The van der Waals surface area contributed by atoms with Crippen LogP contribution in [0.5, 0.6) is 0 Å². The van der Waals surface area contributed by atoms with Crippen LogP contribution in [0.3, 0.4) is 0 Å². The summed E-state index contributed by atoms with van der Waals surface area (Å²) in [6, 6.07) is 0.356. The number of methoxy groups -OCH3 is 1. The van der Waals surface area contributed by atoms with Crippen LogP contribution in [0.4, 0.5) is 0 Å². The summed E-state index contributed by atoms with van der Waals surface area (Å²) in [5.41, 5.74) is 0. The van der Waals surface area contributed by atoms with Gasteiger partial charge in [0.25, 0.3) is 0 Å². The molecule has 0 bridgehead atoms. The third-order valence-corrected chi connectivity index (χ3v) is 3.83. The number of hydrogen-bond acceptors (Lipinski definition) is 4. The normalized spacial score (nSPS) is 21.4. The predicted octanol–water partition coefficient (Wildman–Crippen LogP) is 0.768. The fraction of sp³-hybridized carbons (Fsp3) is 0.800. The summed E-state index contributed by atoms with van der Waals surface area (Å²) in [5, 5.41) is 6.30. The topological polar surface area (TPSA) is 53.6 Å². The van der Waals surface area contributed by atoms with Crippen LogP contribution in [-0.4, -0.2) is 62.8 Å². The van der Waals surface area contributed by atoms with Gasteiger partial charge in [0.1, 0.15) is 0 Å². The van der Waals surface area contributed by atoms with E-state index in [0.29, 0.717) is 12.6 Å². The second kappa shape index (κ2) is 9.91. The number of hydrogen-bond donors (Lipinski definition) is 2. The molecule has 0 aromatic carbocycles.